The molecular formula is C59H67Cl5N8O7S3. The third-order valence-corrected chi connectivity index (χ3v) is 20.4. The summed E-state index contributed by atoms with van der Waals surface area (Å²) in [6.07, 6.45) is 12.3. The second-order valence-corrected chi connectivity index (χ2v) is 25.6. The van der Waals surface area contributed by atoms with E-state index in [4.69, 9.17) is 62.8 Å². The van der Waals surface area contributed by atoms with Gasteiger partial charge in [-0.15, -0.1) is 58.8 Å². The highest BCUT2D eigenvalue weighted by molar-refractivity contribution is 7.16. The van der Waals surface area contributed by atoms with Gasteiger partial charge in [-0.3, -0.25) is 38.7 Å². The Kier molecular flexibility index (Phi) is 23.5. The van der Waals surface area contributed by atoms with Crippen molar-refractivity contribution in [2.75, 3.05) is 34.0 Å². The van der Waals surface area contributed by atoms with Crippen LogP contribution in [0.2, 0.25) is 15.1 Å². The first-order chi connectivity index (χ1) is 38.3. The average Bonchev–Trinajstić information content (AvgIpc) is 2.39. The lowest BCUT2D eigenvalue weighted by Gasteiger charge is -2.31. The van der Waals surface area contributed by atoms with Gasteiger partial charge in [0, 0.05) is 108 Å². The van der Waals surface area contributed by atoms with Crippen molar-refractivity contribution in [1.29, 1.82) is 0 Å². The van der Waals surface area contributed by atoms with E-state index in [1.54, 1.807) is 82.5 Å². The van der Waals surface area contributed by atoms with Crippen LogP contribution in [-0.2, 0) is 59.3 Å². The van der Waals surface area contributed by atoms with Gasteiger partial charge in [0.2, 0.25) is 17.9 Å². The number of hydrogen-bond acceptors (Lipinski definition) is 15. The predicted molar refractivity (Wildman–Crippen MR) is 334 cm³/mol. The van der Waals surface area contributed by atoms with Gasteiger partial charge >= 0.3 is 0 Å². The molecule has 0 spiro atoms. The van der Waals surface area contributed by atoms with Crippen molar-refractivity contribution < 1.29 is 33.9 Å². The molecule has 3 fully saturated rings. The highest BCUT2D eigenvalue weighted by Gasteiger charge is 2.44. The van der Waals surface area contributed by atoms with E-state index in [2.05, 4.69) is 40.8 Å². The monoisotopic (exact) mass is 1270 g/mol. The topological polar surface area (TPSA) is 249 Å². The van der Waals surface area contributed by atoms with Gasteiger partial charge in [0.1, 0.15) is 11.6 Å². The quantitative estimate of drug-likeness (QED) is 0.0569. The zero-order chi connectivity index (χ0) is 57.7. The van der Waals surface area contributed by atoms with E-state index in [1.807, 2.05) is 24.3 Å². The first-order valence-electron chi connectivity index (χ1n) is 26.3. The number of aliphatic hydroxyl groups is 1. The number of nitrogens with zero attached hydrogens (tertiary/aromatic N) is 4. The van der Waals surface area contributed by atoms with Crippen molar-refractivity contribution in [2.24, 2.45) is 22.2 Å². The Balaban J connectivity index is 0.000000181. The molecule has 0 radical (unpaired) electrons. The first-order valence-corrected chi connectivity index (χ1v) is 29.9. The molecule has 6 atom stereocenters. The number of primary amides is 3. The van der Waals surface area contributed by atoms with Crippen LogP contribution in [0.5, 0.6) is 0 Å². The molecule has 6 aliphatic heterocycles. The second-order valence-electron chi connectivity index (χ2n) is 20.8. The van der Waals surface area contributed by atoms with Crippen LogP contribution >= 0.6 is 93.6 Å². The molecule has 3 unspecified atom stereocenters. The van der Waals surface area contributed by atoms with Crippen molar-refractivity contribution in [3.63, 3.8) is 0 Å². The number of halogens is 5. The minimum absolute atomic E-state index is 0. The number of carbonyl (C=O) groups is 5. The Hall–Kier alpha value is -5.02. The van der Waals surface area contributed by atoms with Gasteiger partial charge in [-0.2, -0.15) is 4.99 Å². The maximum Gasteiger partial charge on any atom is 0.252 e. The fourth-order valence-corrected chi connectivity index (χ4v) is 16.8. The van der Waals surface area contributed by atoms with Crippen LogP contribution in [0, 0.1) is 0 Å². The van der Waals surface area contributed by atoms with Crippen molar-refractivity contribution in [2.45, 2.75) is 120 Å². The second kappa shape index (κ2) is 29.2. The third-order valence-electron chi connectivity index (χ3n) is 16.1. The molecule has 82 heavy (non-hydrogen) atoms. The number of hydrogen-bond donors (Lipinski definition) is 5. The number of nitrogen functional groups attached to an aromatic ring is 1. The van der Waals surface area contributed by atoms with Crippen LogP contribution < -0.4 is 22.9 Å². The van der Waals surface area contributed by atoms with Crippen LogP contribution in [0.3, 0.4) is 0 Å². The number of amides is 3. The van der Waals surface area contributed by atoms with Crippen LogP contribution in [0.15, 0.2) is 77.8 Å². The molecule has 23 heteroatoms. The fourth-order valence-electron chi connectivity index (χ4n) is 12.3. The van der Waals surface area contributed by atoms with Crippen molar-refractivity contribution in [3.8, 4) is 0 Å². The summed E-state index contributed by atoms with van der Waals surface area (Å²) in [5.74, 6) is -1.02. The first kappa shape index (κ1) is 66.1. The summed E-state index contributed by atoms with van der Waals surface area (Å²) in [5, 5.41) is 9.54. The molecular weight excluding hydrogens is 1210 g/mol. The summed E-state index contributed by atoms with van der Waals surface area (Å²) in [6, 6.07) is 23.8. The summed E-state index contributed by atoms with van der Waals surface area (Å²) in [5.41, 5.74) is 30.3. The number of isocyanates is 1. The fraction of sp³-hybridized carbons (Fsp3) is 0.390. The van der Waals surface area contributed by atoms with Gasteiger partial charge in [0.15, 0.2) is 0 Å². The number of benzene rings is 3. The number of likely N-dealkylation sites (N-methyl/N-ethyl adjacent to an activating group) is 3. The molecule has 3 aromatic carbocycles. The Morgan fingerprint density at radius 3 is 1.17 bits per heavy atom. The number of nitrogens with two attached hydrogens (primary N) is 4. The highest BCUT2D eigenvalue weighted by atomic mass is 35.5. The van der Waals surface area contributed by atoms with E-state index in [1.165, 1.54) is 27.1 Å². The van der Waals surface area contributed by atoms with Gasteiger partial charge in [-0.25, -0.2) is 4.79 Å². The van der Waals surface area contributed by atoms with E-state index >= 15 is 0 Å². The molecule has 6 bridgehead atoms. The maximum atomic E-state index is 12.6. The van der Waals surface area contributed by atoms with Gasteiger partial charge in [0.25, 0.3) is 5.91 Å². The van der Waals surface area contributed by atoms with Gasteiger partial charge in [-0.1, -0.05) is 59.1 Å². The molecule has 6 aromatic rings. The summed E-state index contributed by atoms with van der Waals surface area (Å²) < 4.78 is 0. The van der Waals surface area contributed by atoms with Crippen LogP contribution in [-0.4, -0.2) is 102 Å². The van der Waals surface area contributed by atoms with E-state index in [0.717, 1.165) is 96.0 Å². The Labute approximate surface area is 517 Å². The van der Waals surface area contributed by atoms with Crippen LogP contribution in [0.1, 0.15) is 140 Å². The highest BCUT2D eigenvalue weighted by Crippen LogP contribution is 2.51. The minimum Gasteiger partial charge on any atom is -0.400 e. The number of Topliss-reactive ketones (excluding diaryl/α,β-unsaturated/α-hetero) is 2. The molecule has 6 aliphatic rings. The van der Waals surface area contributed by atoms with Gasteiger partial charge in [-0.05, 0) is 155 Å². The maximum absolute atomic E-state index is 12.6. The number of rotatable bonds is 12. The van der Waals surface area contributed by atoms with Crippen molar-refractivity contribution in [3.05, 3.63) is 157 Å². The largest absolute Gasteiger partial charge is 0.400 e. The summed E-state index contributed by atoms with van der Waals surface area (Å²) >= 11 is 22.1. The Bertz CT molecular complexity index is 3180. The average molecular weight is 1270 g/mol. The SMILES string of the molecule is CN1C2CC[C@@H]1Cc1sc(CC(=O)Cc3ccc(Cl)cc3)c(C(N)=O)c12.CN1C2CC[C@@H]1Cc1sc(CC(=O)Cc3ccc(Cl)cc3)c(C(N)=O)c12.CN1C2CC[C@@H]1Cc1sc(N)c(C(N)=O)c12.CO.Cl.Cl.O=C=Nc1ccc(Cl)cc1. The van der Waals surface area contributed by atoms with E-state index in [-0.39, 0.29) is 67.2 Å². The van der Waals surface area contributed by atoms with Crippen molar-refractivity contribution >= 4 is 140 Å². The van der Waals surface area contributed by atoms with Crippen LogP contribution in [0.25, 0.3) is 0 Å². The van der Waals surface area contributed by atoms with E-state index < -0.39 is 11.8 Å². The molecule has 3 amide bonds. The van der Waals surface area contributed by atoms with Crippen molar-refractivity contribution in [1.82, 2.24) is 14.7 Å². The molecule has 0 saturated carbocycles. The number of aliphatic imine (C=N–C) groups is 1. The Morgan fingerprint density at radius 1 is 0.524 bits per heavy atom. The molecule has 3 saturated heterocycles. The number of ketones is 2. The number of aliphatic hydroxyl groups excluding tert-OH is 1. The zero-order valence-corrected chi connectivity index (χ0v) is 52.1. The summed E-state index contributed by atoms with van der Waals surface area (Å²) in [7, 11) is 7.38. The minimum atomic E-state index is -0.407. The van der Waals surface area contributed by atoms with E-state index in [0.29, 0.717) is 79.5 Å². The van der Waals surface area contributed by atoms with Gasteiger partial charge < -0.3 is 28.0 Å². The number of fused-ring (bicyclic) bond motifs is 12. The molecule has 0 aliphatic carbocycles. The van der Waals surface area contributed by atoms with E-state index in [9.17, 15) is 28.8 Å². The number of thiophene rings is 3. The molecule has 12 rings (SSSR count). The molecule has 9 N–H and O–H groups in total. The predicted octanol–water partition coefficient (Wildman–Crippen LogP) is 11.0. The van der Waals surface area contributed by atoms with Gasteiger partial charge in [0.05, 0.1) is 27.4 Å². The third kappa shape index (κ3) is 14.7. The normalized spacial score (nSPS) is 20.3. The number of carbonyl (C=O) groups excluding carboxylic acids is 6. The lowest BCUT2D eigenvalue weighted by atomic mass is 9.94. The lowest BCUT2D eigenvalue weighted by molar-refractivity contribution is -0.118. The smallest absolute Gasteiger partial charge is 0.252 e. The lowest BCUT2D eigenvalue weighted by Crippen LogP contribution is -2.34. The molecule has 438 valence electrons. The standard InChI is InChI=1S/2C20H21ClN2O2S.C11H15N3OS.C7H4ClNO.CH4O.2ClH/c2*1-23-13-6-7-15(23)18-16(9-13)26-17(19(18)20(22)25)10-14(24)8-11-2-4-12(21)5-3-11;1-14-5-2-3-6(14)8-7(4-5)16-11(13)9(8)10(12)15;8-6-1-3-7(4-2-6)9-5-10;1-2;;/h2*2-5,13,15H,6-10H2,1H3,(H2,22,25);5-6H,2-4,13H2,1H3,(H2,12,15);1-4H;2H,1H3;2*1H/t2*13-,15?;5-,6?;;;;/m111..../s1. The molecule has 15 nitrogen and oxygen atoms in total. The molecule has 9 heterocycles. The summed E-state index contributed by atoms with van der Waals surface area (Å²) in [4.78, 5) is 86.7. The zero-order valence-electron chi connectivity index (χ0n) is 45.8. The number of anilines is 1. The molecule has 3 aromatic heterocycles. The summed E-state index contributed by atoms with van der Waals surface area (Å²) in [6.45, 7) is 0. The van der Waals surface area contributed by atoms with Crippen LogP contribution in [0.4, 0.5) is 10.7 Å². The Morgan fingerprint density at radius 2 is 0.841 bits per heavy atom.